The van der Waals surface area contributed by atoms with Crippen molar-refractivity contribution in [2.45, 2.75) is 13.5 Å². The van der Waals surface area contributed by atoms with Crippen LogP contribution in [0.25, 0.3) is 0 Å². The number of rotatable bonds is 8. The molecule has 0 radical (unpaired) electrons. The van der Waals surface area contributed by atoms with E-state index < -0.39 is 0 Å². The second kappa shape index (κ2) is 8.48. The third kappa shape index (κ3) is 6.20. The van der Waals surface area contributed by atoms with Gasteiger partial charge in [0, 0.05) is 7.11 Å². The molecule has 1 amide bonds. The Kier molecular flexibility index (Phi) is 6.90. The van der Waals surface area contributed by atoms with E-state index in [-0.39, 0.29) is 41.9 Å². The maximum Gasteiger partial charge on any atom is 0.322 e. The summed E-state index contributed by atoms with van der Waals surface area (Å²) in [6.45, 7) is 2.23. The number of carbonyl (C=O) groups excluding carboxylic acids is 2. The van der Waals surface area contributed by atoms with Crippen molar-refractivity contribution in [2.75, 3.05) is 30.5 Å². The fraction of sp³-hybridized carbons (Fsp3) is 0.600. The standard InChI is InChI=1S/C10H15N3O5S/c1-3-17-9(15)6-19-5-7(14)11-10-13-12-8(18-10)4-16-2/h3-6H2,1-2H3,(H,11,13,14). The molecule has 0 saturated heterocycles. The molecule has 0 saturated carbocycles. The predicted octanol–water partition coefficient (Wildman–Crippen LogP) is 0.451. The summed E-state index contributed by atoms with van der Waals surface area (Å²) >= 11 is 1.14. The summed E-state index contributed by atoms with van der Waals surface area (Å²) in [5.74, 6) is -0.180. The molecule has 0 unspecified atom stereocenters. The van der Waals surface area contributed by atoms with Crippen LogP contribution in [0.1, 0.15) is 12.8 Å². The highest BCUT2D eigenvalue weighted by Gasteiger charge is 2.10. The molecule has 0 aliphatic rings. The molecule has 0 bridgehead atoms. The summed E-state index contributed by atoms with van der Waals surface area (Å²) in [4.78, 5) is 22.5. The highest BCUT2D eigenvalue weighted by atomic mass is 32.2. The first kappa shape index (κ1) is 15.4. The molecule has 1 aromatic rings. The highest BCUT2D eigenvalue weighted by molar-refractivity contribution is 8.00. The molecule has 1 rings (SSSR count). The van der Waals surface area contributed by atoms with Crippen LogP contribution in [0.5, 0.6) is 0 Å². The van der Waals surface area contributed by atoms with Gasteiger partial charge in [0.15, 0.2) is 0 Å². The number of nitrogens with one attached hydrogen (secondary N) is 1. The number of nitrogens with zero attached hydrogens (tertiary/aromatic N) is 2. The molecule has 9 heteroatoms. The van der Waals surface area contributed by atoms with Crippen LogP contribution in [0, 0.1) is 0 Å². The first-order chi connectivity index (χ1) is 9.15. The Balaban J connectivity index is 2.24. The van der Waals surface area contributed by atoms with Crippen molar-refractivity contribution in [3.05, 3.63) is 5.89 Å². The van der Waals surface area contributed by atoms with Crippen LogP contribution >= 0.6 is 11.8 Å². The number of hydrogen-bond donors (Lipinski definition) is 1. The Morgan fingerprint density at radius 3 is 2.84 bits per heavy atom. The van der Waals surface area contributed by atoms with Crippen LogP contribution in [0.2, 0.25) is 0 Å². The number of aromatic nitrogens is 2. The van der Waals surface area contributed by atoms with E-state index >= 15 is 0 Å². The third-order valence-electron chi connectivity index (χ3n) is 1.74. The molecule has 0 fully saturated rings. The molecule has 0 spiro atoms. The summed E-state index contributed by atoms with van der Waals surface area (Å²) in [5.41, 5.74) is 0. The molecule has 0 aromatic carbocycles. The summed E-state index contributed by atoms with van der Waals surface area (Å²) in [5, 5.41) is 9.69. The summed E-state index contributed by atoms with van der Waals surface area (Å²) in [7, 11) is 1.49. The van der Waals surface area contributed by atoms with Gasteiger partial charge in [-0.2, -0.15) is 0 Å². The molecule has 0 aliphatic heterocycles. The molecule has 19 heavy (non-hydrogen) atoms. The maximum absolute atomic E-state index is 11.5. The van der Waals surface area contributed by atoms with E-state index in [0.717, 1.165) is 11.8 Å². The van der Waals surface area contributed by atoms with Gasteiger partial charge in [0.25, 0.3) is 0 Å². The van der Waals surface area contributed by atoms with Crippen LogP contribution < -0.4 is 5.32 Å². The third-order valence-corrected chi connectivity index (χ3v) is 2.65. The molecule has 1 aromatic heterocycles. The van der Waals surface area contributed by atoms with Gasteiger partial charge in [-0.15, -0.1) is 16.9 Å². The average Bonchev–Trinajstić information content (AvgIpc) is 2.77. The Bertz CT molecular complexity index is 423. The van der Waals surface area contributed by atoms with E-state index in [1.165, 1.54) is 7.11 Å². The average molecular weight is 289 g/mol. The lowest BCUT2D eigenvalue weighted by Crippen LogP contribution is -2.16. The normalized spacial score (nSPS) is 10.2. The van der Waals surface area contributed by atoms with Gasteiger partial charge in [-0.3, -0.25) is 14.9 Å². The minimum absolute atomic E-state index is 0.00813. The lowest BCUT2D eigenvalue weighted by Gasteiger charge is -2.01. The predicted molar refractivity (Wildman–Crippen MR) is 67.6 cm³/mol. The van der Waals surface area contributed by atoms with Crippen LogP contribution in [-0.4, -0.2) is 47.3 Å². The van der Waals surface area contributed by atoms with Crippen LogP contribution in [0.15, 0.2) is 4.42 Å². The summed E-state index contributed by atoms with van der Waals surface area (Å²) in [6.07, 6.45) is 0. The lowest BCUT2D eigenvalue weighted by atomic mass is 10.7. The van der Waals surface area contributed by atoms with Crippen molar-refractivity contribution >= 4 is 29.7 Å². The molecule has 0 atom stereocenters. The Labute approximate surface area is 114 Å². The van der Waals surface area contributed by atoms with E-state index in [9.17, 15) is 9.59 Å². The fourth-order valence-electron chi connectivity index (χ4n) is 1.07. The maximum atomic E-state index is 11.5. The molecular formula is C10H15N3O5S. The summed E-state index contributed by atoms with van der Waals surface area (Å²) < 4.78 is 14.6. The fourth-order valence-corrected chi connectivity index (χ4v) is 1.68. The number of amides is 1. The van der Waals surface area contributed by atoms with E-state index in [4.69, 9.17) is 13.9 Å². The zero-order chi connectivity index (χ0) is 14.1. The van der Waals surface area contributed by atoms with E-state index in [1.54, 1.807) is 6.92 Å². The summed E-state index contributed by atoms with van der Waals surface area (Å²) in [6, 6.07) is 0.00813. The number of anilines is 1. The van der Waals surface area contributed by atoms with E-state index in [2.05, 4.69) is 15.5 Å². The van der Waals surface area contributed by atoms with Crippen molar-refractivity contribution in [2.24, 2.45) is 0 Å². The first-order valence-corrected chi connectivity index (χ1v) is 6.65. The van der Waals surface area contributed by atoms with Crippen LogP contribution in [0.3, 0.4) is 0 Å². The van der Waals surface area contributed by atoms with Crippen molar-refractivity contribution in [1.29, 1.82) is 0 Å². The number of thioether (sulfide) groups is 1. The van der Waals surface area contributed by atoms with Crippen molar-refractivity contribution in [3.63, 3.8) is 0 Å². The molecule has 8 nitrogen and oxygen atoms in total. The number of hydrogen-bond acceptors (Lipinski definition) is 8. The smallest absolute Gasteiger partial charge is 0.322 e. The molecule has 0 aliphatic carbocycles. The van der Waals surface area contributed by atoms with Gasteiger partial charge in [-0.25, -0.2) is 0 Å². The SMILES string of the molecule is CCOC(=O)CSCC(=O)Nc1nnc(COC)o1. The Hall–Kier alpha value is -1.61. The second-order valence-corrected chi connectivity index (χ2v) is 4.27. The molecule has 106 valence electrons. The molecule has 1 heterocycles. The topological polar surface area (TPSA) is 104 Å². The van der Waals surface area contributed by atoms with Gasteiger partial charge in [0.2, 0.25) is 11.8 Å². The second-order valence-electron chi connectivity index (χ2n) is 3.28. The van der Waals surface area contributed by atoms with Gasteiger partial charge in [-0.1, -0.05) is 5.10 Å². The van der Waals surface area contributed by atoms with Gasteiger partial charge >= 0.3 is 12.0 Å². The van der Waals surface area contributed by atoms with Crippen molar-refractivity contribution in [1.82, 2.24) is 10.2 Å². The minimum atomic E-state index is -0.347. The highest BCUT2D eigenvalue weighted by Crippen LogP contribution is 2.08. The van der Waals surface area contributed by atoms with E-state index in [0.29, 0.717) is 6.61 Å². The van der Waals surface area contributed by atoms with Crippen LogP contribution in [0.4, 0.5) is 6.01 Å². The number of esters is 1. The number of methoxy groups -OCH3 is 1. The van der Waals surface area contributed by atoms with Gasteiger partial charge in [0.1, 0.15) is 6.61 Å². The van der Waals surface area contributed by atoms with Gasteiger partial charge in [-0.05, 0) is 6.92 Å². The van der Waals surface area contributed by atoms with Gasteiger partial charge in [0.05, 0.1) is 18.1 Å². The molecular weight excluding hydrogens is 274 g/mol. The minimum Gasteiger partial charge on any atom is -0.465 e. The monoisotopic (exact) mass is 289 g/mol. The largest absolute Gasteiger partial charge is 0.465 e. The van der Waals surface area contributed by atoms with Gasteiger partial charge < -0.3 is 13.9 Å². The lowest BCUT2D eigenvalue weighted by molar-refractivity contribution is -0.139. The quantitative estimate of drug-likeness (QED) is 0.688. The van der Waals surface area contributed by atoms with Crippen LogP contribution in [-0.2, 0) is 25.7 Å². The Morgan fingerprint density at radius 1 is 1.37 bits per heavy atom. The first-order valence-electron chi connectivity index (χ1n) is 5.50. The number of carbonyl (C=O) groups is 2. The van der Waals surface area contributed by atoms with Crippen molar-refractivity contribution in [3.8, 4) is 0 Å². The zero-order valence-corrected chi connectivity index (χ0v) is 11.5. The number of ether oxygens (including phenoxy) is 2. The van der Waals surface area contributed by atoms with E-state index in [1.807, 2.05) is 0 Å². The Morgan fingerprint density at radius 2 is 2.16 bits per heavy atom. The van der Waals surface area contributed by atoms with Crippen molar-refractivity contribution < 1.29 is 23.5 Å². The molecule has 1 N–H and O–H groups in total. The zero-order valence-electron chi connectivity index (χ0n) is 10.7.